The number of thiazole rings is 1. The first-order chi connectivity index (χ1) is 9.31. The number of benzene rings is 1. The van der Waals surface area contributed by atoms with Gasteiger partial charge in [-0.1, -0.05) is 30.3 Å². The molecule has 94 valence electrons. The maximum absolute atomic E-state index is 4.64. The van der Waals surface area contributed by atoms with Crippen molar-refractivity contribution in [2.24, 2.45) is 0 Å². The Balaban J connectivity index is 1.80. The molecule has 0 radical (unpaired) electrons. The number of halogens is 1. The van der Waals surface area contributed by atoms with Gasteiger partial charge >= 0.3 is 0 Å². The van der Waals surface area contributed by atoms with Gasteiger partial charge in [-0.25, -0.2) is 9.97 Å². The summed E-state index contributed by atoms with van der Waals surface area (Å²) < 4.78 is 0.750. The Morgan fingerprint density at radius 2 is 1.89 bits per heavy atom. The molecule has 0 spiro atoms. The monoisotopic (exact) mass is 331 g/mol. The van der Waals surface area contributed by atoms with E-state index in [-0.39, 0.29) is 0 Å². The molecule has 2 heterocycles. The molecule has 5 heteroatoms. The van der Waals surface area contributed by atoms with E-state index in [9.17, 15) is 0 Å². The van der Waals surface area contributed by atoms with E-state index in [0.717, 1.165) is 33.0 Å². The lowest BCUT2D eigenvalue weighted by molar-refractivity contribution is 1.00. The van der Waals surface area contributed by atoms with Crippen LogP contribution in [0.3, 0.4) is 0 Å². The van der Waals surface area contributed by atoms with Gasteiger partial charge in [0.1, 0.15) is 4.60 Å². The minimum atomic E-state index is 0.720. The third kappa shape index (κ3) is 3.05. The molecule has 0 bridgehead atoms. The first-order valence-electron chi connectivity index (χ1n) is 5.77. The Labute approximate surface area is 123 Å². The van der Waals surface area contributed by atoms with Crippen LogP contribution in [-0.2, 0) is 6.42 Å². The largest absolute Gasteiger partial charge is 0.256 e. The molecular formula is C14H10BrN3S. The quantitative estimate of drug-likeness (QED) is 0.729. The minimum Gasteiger partial charge on any atom is -0.256 e. The molecule has 0 unspecified atom stereocenters. The second-order valence-corrected chi connectivity index (χ2v) is 5.75. The van der Waals surface area contributed by atoms with Crippen molar-refractivity contribution in [3.8, 4) is 11.3 Å². The van der Waals surface area contributed by atoms with E-state index in [1.807, 2.05) is 18.2 Å². The summed E-state index contributed by atoms with van der Waals surface area (Å²) in [7, 11) is 0. The second kappa shape index (κ2) is 5.59. The highest BCUT2D eigenvalue weighted by atomic mass is 79.9. The lowest BCUT2D eigenvalue weighted by atomic mass is 10.2. The molecule has 19 heavy (non-hydrogen) atoms. The van der Waals surface area contributed by atoms with Gasteiger partial charge in [0.2, 0.25) is 0 Å². The zero-order valence-corrected chi connectivity index (χ0v) is 12.4. The van der Waals surface area contributed by atoms with Gasteiger partial charge in [-0.05, 0) is 15.9 Å². The van der Waals surface area contributed by atoms with Crippen molar-refractivity contribution in [3.63, 3.8) is 0 Å². The van der Waals surface area contributed by atoms with Crippen molar-refractivity contribution in [3.05, 3.63) is 63.4 Å². The summed E-state index contributed by atoms with van der Waals surface area (Å²) in [6.07, 6.45) is 4.20. The van der Waals surface area contributed by atoms with Crippen molar-refractivity contribution in [1.29, 1.82) is 0 Å². The molecule has 0 N–H and O–H groups in total. The molecule has 0 saturated carbocycles. The molecule has 3 nitrogen and oxygen atoms in total. The van der Waals surface area contributed by atoms with Crippen molar-refractivity contribution in [2.75, 3.05) is 0 Å². The smallest absolute Gasteiger partial charge is 0.124 e. The van der Waals surface area contributed by atoms with Gasteiger partial charge < -0.3 is 0 Å². The third-order valence-electron chi connectivity index (χ3n) is 2.63. The van der Waals surface area contributed by atoms with Crippen LogP contribution in [0.15, 0.2) is 52.7 Å². The summed E-state index contributed by atoms with van der Waals surface area (Å²) >= 11 is 4.93. The normalized spacial score (nSPS) is 10.6. The highest BCUT2D eigenvalue weighted by Crippen LogP contribution is 2.22. The molecule has 0 amide bonds. The lowest BCUT2D eigenvalue weighted by Crippen LogP contribution is -1.93. The lowest BCUT2D eigenvalue weighted by Gasteiger charge is -1.97. The van der Waals surface area contributed by atoms with Crippen LogP contribution in [0, 0.1) is 0 Å². The molecular weight excluding hydrogens is 322 g/mol. The average Bonchev–Trinajstić information content (AvgIpc) is 2.91. The van der Waals surface area contributed by atoms with Gasteiger partial charge in [-0.2, -0.15) is 0 Å². The number of rotatable bonds is 3. The molecule has 0 aliphatic heterocycles. The molecule has 0 saturated heterocycles. The van der Waals surface area contributed by atoms with Crippen LogP contribution in [0.4, 0.5) is 0 Å². The van der Waals surface area contributed by atoms with Crippen molar-refractivity contribution < 1.29 is 0 Å². The topological polar surface area (TPSA) is 38.7 Å². The molecule has 0 aliphatic rings. The van der Waals surface area contributed by atoms with Gasteiger partial charge in [-0.15, -0.1) is 11.3 Å². The van der Waals surface area contributed by atoms with Gasteiger partial charge in [-0.3, -0.25) is 4.98 Å². The highest BCUT2D eigenvalue weighted by molar-refractivity contribution is 9.10. The summed E-state index contributed by atoms with van der Waals surface area (Å²) in [6, 6.07) is 10.2. The van der Waals surface area contributed by atoms with E-state index in [1.165, 1.54) is 0 Å². The number of hydrogen-bond acceptors (Lipinski definition) is 4. The first kappa shape index (κ1) is 12.4. The minimum absolute atomic E-state index is 0.720. The van der Waals surface area contributed by atoms with E-state index in [0.29, 0.717) is 0 Å². The SMILES string of the molecule is Brc1cnc(Cc2nc(-c3ccccc3)cs2)cn1. The van der Waals surface area contributed by atoms with E-state index in [4.69, 9.17) is 0 Å². The van der Waals surface area contributed by atoms with Crippen LogP contribution < -0.4 is 0 Å². The number of nitrogens with zero attached hydrogens (tertiary/aromatic N) is 3. The summed E-state index contributed by atoms with van der Waals surface area (Å²) in [5, 5.41) is 3.13. The average molecular weight is 332 g/mol. The molecule has 1 aromatic carbocycles. The Bertz CT molecular complexity index is 665. The van der Waals surface area contributed by atoms with E-state index >= 15 is 0 Å². The van der Waals surface area contributed by atoms with Crippen LogP contribution in [0.1, 0.15) is 10.7 Å². The van der Waals surface area contributed by atoms with Crippen LogP contribution in [-0.4, -0.2) is 15.0 Å². The van der Waals surface area contributed by atoms with Crippen LogP contribution in [0.5, 0.6) is 0 Å². The number of hydrogen-bond donors (Lipinski definition) is 0. The standard InChI is InChI=1S/C14H10BrN3S/c15-13-8-16-11(7-17-13)6-14-18-12(9-19-14)10-4-2-1-3-5-10/h1-5,7-9H,6H2. The highest BCUT2D eigenvalue weighted by Gasteiger charge is 2.06. The number of aromatic nitrogens is 3. The van der Waals surface area contributed by atoms with Crippen LogP contribution in [0.25, 0.3) is 11.3 Å². The van der Waals surface area contributed by atoms with E-state index in [1.54, 1.807) is 23.7 Å². The fraction of sp³-hybridized carbons (Fsp3) is 0.0714. The maximum atomic E-state index is 4.64. The van der Waals surface area contributed by atoms with Crippen LogP contribution >= 0.6 is 27.3 Å². The zero-order valence-electron chi connectivity index (χ0n) is 9.95. The van der Waals surface area contributed by atoms with E-state index < -0.39 is 0 Å². The Morgan fingerprint density at radius 3 is 2.63 bits per heavy atom. The molecule has 0 aliphatic carbocycles. The van der Waals surface area contributed by atoms with Crippen molar-refractivity contribution >= 4 is 27.3 Å². The van der Waals surface area contributed by atoms with Gasteiger partial charge in [0, 0.05) is 17.4 Å². The predicted octanol–water partition coefficient (Wildman–Crippen LogP) is 3.95. The van der Waals surface area contributed by atoms with Crippen molar-refractivity contribution in [2.45, 2.75) is 6.42 Å². The molecule has 2 aromatic heterocycles. The van der Waals surface area contributed by atoms with E-state index in [2.05, 4.69) is 48.4 Å². The Hall–Kier alpha value is -1.59. The predicted molar refractivity (Wildman–Crippen MR) is 80.1 cm³/mol. The van der Waals surface area contributed by atoms with Gasteiger partial charge in [0.25, 0.3) is 0 Å². The molecule has 3 aromatic rings. The summed E-state index contributed by atoms with van der Waals surface area (Å²) in [5.74, 6) is 0. The second-order valence-electron chi connectivity index (χ2n) is 4.00. The van der Waals surface area contributed by atoms with Gasteiger partial charge in [0.15, 0.2) is 0 Å². The molecule has 0 atom stereocenters. The first-order valence-corrected chi connectivity index (χ1v) is 7.45. The zero-order chi connectivity index (χ0) is 13.1. The van der Waals surface area contributed by atoms with Crippen molar-refractivity contribution in [1.82, 2.24) is 15.0 Å². The Kier molecular flexibility index (Phi) is 3.66. The molecule has 0 fully saturated rings. The molecule has 3 rings (SSSR count). The maximum Gasteiger partial charge on any atom is 0.124 e. The summed E-state index contributed by atoms with van der Waals surface area (Å²) in [4.78, 5) is 13.1. The fourth-order valence-corrected chi connectivity index (χ4v) is 2.74. The van der Waals surface area contributed by atoms with Gasteiger partial charge in [0.05, 0.1) is 28.8 Å². The van der Waals surface area contributed by atoms with Crippen LogP contribution in [0.2, 0.25) is 0 Å². The summed E-state index contributed by atoms with van der Waals surface area (Å²) in [6.45, 7) is 0. The summed E-state index contributed by atoms with van der Waals surface area (Å²) in [5.41, 5.74) is 3.09. The third-order valence-corrected chi connectivity index (χ3v) is 3.89. The Morgan fingerprint density at radius 1 is 1.05 bits per heavy atom. The fourth-order valence-electron chi connectivity index (χ4n) is 1.72.